The van der Waals surface area contributed by atoms with Crippen LogP contribution in [0.5, 0.6) is 0 Å². The zero-order valence-electron chi connectivity index (χ0n) is 20.1. The van der Waals surface area contributed by atoms with Crippen LogP contribution in [-0.4, -0.2) is 54.5 Å². The fraction of sp³-hybridized carbons (Fsp3) is 0.444. The molecule has 8 nitrogen and oxygen atoms in total. The molecule has 4 rings (SSSR count). The van der Waals surface area contributed by atoms with Gasteiger partial charge in [0.05, 0.1) is 12.0 Å². The Hall–Kier alpha value is -3.39. The molecule has 0 unspecified atom stereocenters. The summed E-state index contributed by atoms with van der Waals surface area (Å²) in [5.41, 5.74) is 3.68. The van der Waals surface area contributed by atoms with Crippen molar-refractivity contribution in [3.63, 3.8) is 0 Å². The largest absolute Gasteiger partial charge is 0.480 e. The third kappa shape index (κ3) is 5.48. The van der Waals surface area contributed by atoms with Crippen LogP contribution in [0.3, 0.4) is 0 Å². The SMILES string of the molecule is CC(C)[C@H](NC(=O)CC1(NC(=O)OCC2c3ccccc3-c3ccccc32)CCOCC1)C(=O)O. The maximum Gasteiger partial charge on any atom is 0.407 e. The lowest BCUT2D eigenvalue weighted by molar-refractivity contribution is -0.143. The van der Waals surface area contributed by atoms with Gasteiger partial charge in [-0.15, -0.1) is 0 Å². The molecule has 3 N–H and O–H groups in total. The van der Waals surface area contributed by atoms with E-state index >= 15 is 0 Å². The standard InChI is InChI=1S/C27H32N2O6/c1-17(2)24(25(31)32)28-23(30)15-27(11-13-34-14-12-27)29-26(33)35-16-22-20-9-5-3-7-18(20)19-8-4-6-10-21(19)22/h3-10,17,22,24H,11-16H2,1-2H3,(H,28,30)(H,29,33)(H,31,32)/t24-/m0/s1. The summed E-state index contributed by atoms with van der Waals surface area (Å²) in [7, 11) is 0. The second-order valence-electron chi connectivity index (χ2n) is 9.65. The number of aliphatic carboxylic acids is 1. The van der Waals surface area contributed by atoms with Gasteiger partial charge >= 0.3 is 12.1 Å². The van der Waals surface area contributed by atoms with Crippen molar-refractivity contribution in [2.45, 2.75) is 50.6 Å². The maximum absolute atomic E-state index is 12.9. The van der Waals surface area contributed by atoms with Crippen molar-refractivity contribution < 1.29 is 29.0 Å². The average Bonchev–Trinajstić information content (AvgIpc) is 3.15. The van der Waals surface area contributed by atoms with Gasteiger partial charge in [0.2, 0.25) is 5.91 Å². The van der Waals surface area contributed by atoms with Gasteiger partial charge in [-0.05, 0) is 41.0 Å². The molecule has 0 bridgehead atoms. The van der Waals surface area contributed by atoms with Crippen molar-refractivity contribution in [2.24, 2.45) is 5.92 Å². The fourth-order valence-electron chi connectivity index (χ4n) is 5.00. The molecule has 0 radical (unpaired) electrons. The summed E-state index contributed by atoms with van der Waals surface area (Å²) in [6, 6.07) is 15.2. The van der Waals surface area contributed by atoms with Gasteiger partial charge in [0.1, 0.15) is 12.6 Å². The van der Waals surface area contributed by atoms with Gasteiger partial charge < -0.3 is 25.2 Å². The summed E-state index contributed by atoms with van der Waals surface area (Å²) in [6.45, 7) is 4.43. The molecule has 0 spiro atoms. The van der Waals surface area contributed by atoms with Crippen molar-refractivity contribution in [1.82, 2.24) is 10.6 Å². The fourth-order valence-corrected chi connectivity index (χ4v) is 5.00. The Labute approximate surface area is 205 Å². The van der Waals surface area contributed by atoms with E-state index in [-0.39, 0.29) is 24.9 Å². The van der Waals surface area contributed by atoms with Crippen molar-refractivity contribution in [2.75, 3.05) is 19.8 Å². The number of hydrogen-bond donors (Lipinski definition) is 3. The third-order valence-corrected chi connectivity index (χ3v) is 6.91. The molecule has 2 amide bonds. The molecule has 186 valence electrons. The molecule has 1 aliphatic carbocycles. The Bertz CT molecular complexity index is 1050. The second kappa shape index (κ2) is 10.5. The van der Waals surface area contributed by atoms with Crippen LogP contribution in [0.2, 0.25) is 0 Å². The molecule has 1 atom stereocenters. The Morgan fingerprint density at radius 2 is 1.60 bits per heavy atom. The first-order valence-electron chi connectivity index (χ1n) is 12.0. The highest BCUT2D eigenvalue weighted by atomic mass is 16.5. The van der Waals surface area contributed by atoms with E-state index in [4.69, 9.17) is 9.47 Å². The Kier molecular flexibility index (Phi) is 7.40. The zero-order chi connectivity index (χ0) is 25.0. The Balaban J connectivity index is 1.42. The van der Waals surface area contributed by atoms with Gasteiger partial charge in [-0.2, -0.15) is 0 Å². The van der Waals surface area contributed by atoms with E-state index in [9.17, 15) is 19.5 Å². The van der Waals surface area contributed by atoms with Crippen molar-refractivity contribution >= 4 is 18.0 Å². The monoisotopic (exact) mass is 480 g/mol. The highest BCUT2D eigenvalue weighted by Gasteiger charge is 2.38. The van der Waals surface area contributed by atoms with E-state index < -0.39 is 29.6 Å². The van der Waals surface area contributed by atoms with Crippen LogP contribution in [0.25, 0.3) is 11.1 Å². The molecular formula is C27H32N2O6. The van der Waals surface area contributed by atoms with Gasteiger partial charge in [-0.3, -0.25) is 4.79 Å². The van der Waals surface area contributed by atoms with Crippen molar-refractivity contribution in [3.05, 3.63) is 59.7 Å². The molecule has 1 fully saturated rings. The minimum Gasteiger partial charge on any atom is -0.480 e. The lowest BCUT2D eigenvalue weighted by atomic mass is 9.86. The molecule has 1 saturated heterocycles. The van der Waals surface area contributed by atoms with Crippen LogP contribution < -0.4 is 10.6 Å². The summed E-state index contributed by atoms with van der Waals surface area (Å²) in [5, 5.41) is 14.9. The van der Waals surface area contributed by atoms with Crippen LogP contribution in [0.15, 0.2) is 48.5 Å². The number of carboxylic acids is 1. The summed E-state index contributed by atoms with van der Waals surface area (Å²) < 4.78 is 11.1. The topological polar surface area (TPSA) is 114 Å². The number of carbonyl (C=O) groups is 3. The van der Waals surface area contributed by atoms with Crippen molar-refractivity contribution in [1.29, 1.82) is 0 Å². The second-order valence-corrected chi connectivity index (χ2v) is 9.65. The summed E-state index contributed by atoms with van der Waals surface area (Å²) in [5.74, 6) is -1.84. The zero-order valence-corrected chi connectivity index (χ0v) is 20.1. The molecule has 2 aromatic rings. The first-order valence-corrected chi connectivity index (χ1v) is 12.0. The lowest BCUT2D eigenvalue weighted by Gasteiger charge is -2.37. The number of benzene rings is 2. The number of alkyl carbamates (subject to hydrolysis) is 1. The number of nitrogens with one attached hydrogen (secondary N) is 2. The summed E-state index contributed by atoms with van der Waals surface area (Å²) in [6.07, 6.45) is 0.227. The molecule has 0 aromatic heterocycles. The predicted octanol–water partition coefficient (Wildman–Crippen LogP) is 3.69. The van der Waals surface area contributed by atoms with Crippen LogP contribution in [0.4, 0.5) is 4.79 Å². The minimum absolute atomic E-state index is 0.0446. The quantitative estimate of drug-likeness (QED) is 0.531. The first-order chi connectivity index (χ1) is 16.8. The smallest absolute Gasteiger partial charge is 0.407 e. The van der Waals surface area contributed by atoms with E-state index in [1.165, 1.54) is 0 Å². The third-order valence-electron chi connectivity index (χ3n) is 6.91. The lowest BCUT2D eigenvalue weighted by Crippen LogP contribution is -2.56. The summed E-state index contributed by atoms with van der Waals surface area (Å²) in [4.78, 5) is 37.2. The number of carboxylic acid groups (broad SMARTS) is 1. The van der Waals surface area contributed by atoms with E-state index in [0.29, 0.717) is 26.1 Å². The van der Waals surface area contributed by atoms with E-state index in [2.05, 4.69) is 34.9 Å². The molecule has 1 aliphatic heterocycles. The number of carbonyl (C=O) groups excluding carboxylic acids is 2. The molecule has 0 saturated carbocycles. The first kappa shape index (κ1) is 24.7. The van der Waals surface area contributed by atoms with Gasteiger partial charge in [0.15, 0.2) is 0 Å². The van der Waals surface area contributed by atoms with E-state index in [1.54, 1.807) is 13.8 Å². The highest BCUT2D eigenvalue weighted by molar-refractivity contribution is 5.85. The Morgan fingerprint density at radius 1 is 1.03 bits per heavy atom. The number of amides is 2. The minimum atomic E-state index is -1.08. The van der Waals surface area contributed by atoms with E-state index in [0.717, 1.165) is 22.3 Å². The Morgan fingerprint density at radius 3 is 2.14 bits per heavy atom. The predicted molar refractivity (Wildman–Crippen MR) is 130 cm³/mol. The highest BCUT2D eigenvalue weighted by Crippen LogP contribution is 2.44. The number of rotatable bonds is 8. The van der Waals surface area contributed by atoms with Crippen LogP contribution in [0.1, 0.15) is 50.2 Å². The maximum atomic E-state index is 12.9. The van der Waals surface area contributed by atoms with Gasteiger partial charge in [-0.25, -0.2) is 9.59 Å². The van der Waals surface area contributed by atoms with Crippen LogP contribution in [0, 0.1) is 5.92 Å². The molecule has 2 aromatic carbocycles. The normalized spacial score (nSPS) is 17.2. The van der Waals surface area contributed by atoms with E-state index in [1.807, 2.05) is 24.3 Å². The van der Waals surface area contributed by atoms with Crippen LogP contribution >= 0.6 is 0 Å². The van der Waals surface area contributed by atoms with Crippen molar-refractivity contribution in [3.8, 4) is 11.1 Å². The molecule has 35 heavy (non-hydrogen) atoms. The van der Waals surface area contributed by atoms with Gasteiger partial charge in [0, 0.05) is 19.1 Å². The number of ether oxygens (including phenoxy) is 2. The summed E-state index contributed by atoms with van der Waals surface area (Å²) >= 11 is 0. The van der Waals surface area contributed by atoms with Gasteiger partial charge in [-0.1, -0.05) is 62.4 Å². The number of hydrogen-bond acceptors (Lipinski definition) is 5. The molecular weight excluding hydrogens is 448 g/mol. The van der Waals surface area contributed by atoms with Gasteiger partial charge in [0.25, 0.3) is 0 Å². The van der Waals surface area contributed by atoms with Crippen LogP contribution in [-0.2, 0) is 19.1 Å². The number of fused-ring (bicyclic) bond motifs is 3. The molecule has 1 heterocycles. The molecule has 2 aliphatic rings. The average molecular weight is 481 g/mol. The molecule has 8 heteroatoms.